The van der Waals surface area contributed by atoms with Crippen LogP contribution in [0.15, 0.2) is 48.5 Å². The van der Waals surface area contributed by atoms with Crippen LogP contribution in [0.4, 0.5) is 0 Å². The standard InChI is InChI=1S/C18H23NO2/c1-4-14-9-11-15(12-10-14)18(19)13(2)21-17-8-6-5-7-16(17)20-3/h5-13,18H,4,19H2,1-3H3. The van der Waals surface area contributed by atoms with Crippen LogP contribution in [0.25, 0.3) is 0 Å². The predicted octanol–water partition coefficient (Wildman–Crippen LogP) is 3.72. The summed E-state index contributed by atoms with van der Waals surface area (Å²) >= 11 is 0. The molecule has 0 aliphatic heterocycles. The summed E-state index contributed by atoms with van der Waals surface area (Å²) in [5, 5.41) is 0. The molecule has 0 saturated heterocycles. The summed E-state index contributed by atoms with van der Waals surface area (Å²) in [5.41, 5.74) is 8.69. The summed E-state index contributed by atoms with van der Waals surface area (Å²) in [6.07, 6.45) is 0.886. The summed E-state index contributed by atoms with van der Waals surface area (Å²) in [7, 11) is 1.64. The number of aryl methyl sites for hydroxylation is 1. The van der Waals surface area contributed by atoms with Crippen LogP contribution in [0, 0.1) is 0 Å². The smallest absolute Gasteiger partial charge is 0.161 e. The van der Waals surface area contributed by atoms with E-state index in [-0.39, 0.29) is 12.1 Å². The Balaban J connectivity index is 2.09. The van der Waals surface area contributed by atoms with Crippen molar-refractivity contribution in [2.75, 3.05) is 7.11 Å². The van der Waals surface area contributed by atoms with Crippen molar-refractivity contribution in [3.63, 3.8) is 0 Å². The van der Waals surface area contributed by atoms with Gasteiger partial charge in [-0.25, -0.2) is 0 Å². The summed E-state index contributed by atoms with van der Waals surface area (Å²) in [4.78, 5) is 0. The van der Waals surface area contributed by atoms with Gasteiger partial charge in [-0.1, -0.05) is 43.3 Å². The molecule has 0 amide bonds. The van der Waals surface area contributed by atoms with Gasteiger partial charge in [0.15, 0.2) is 11.5 Å². The molecule has 3 nitrogen and oxygen atoms in total. The highest BCUT2D eigenvalue weighted by Crippen LogP contribution is 2.29. The Morgan fingerprint density at radius 2 is 1.62 bits per heavy atom. The molecule has 0 bridgehead atoms. The van der Waals surface area contributed by atoms with Crippen LogP contribution in [-0.4, -0.2) is 13.2 Å². The molecule has 2 unspecified atom stereocenters. The zero-order valence-corrected chi connectivity index (χ0v) is 12.9. The molecular weight excluding hydrogens is 262 g/mol. The van der Waals surface area contributed by atoms with Gasteiger partial charge in [-0.3, -0.25) is 0 Å². The summed E-state index contributed by atoms with van der Waals surface area (Å²) in [6.45, 7) is 4.12. The molecule has 0 fully saturated rings. The Hall–Kier alpha value is -2.00. The van der Waals surface area contributed by atoms with Gasteiger partial charge in [0.05, 0.1) is 13.2 Å². The lowest BCUT2D eigenvalue weighted by molar-refractivity contribution is 0.183. The van der Waals surface area contributed by atoms with Gasteiger partial charge in [0.1, 0.15) is 6.10 Å². The molecule has 2 aromatic carbocycles. The maximum absolute atomic E-state index is 6.30. The third-order valence-corrected chi connectivity index (χ3v) is 3.66. The molecule has 0 aliphatic rings. The van der Waals surface area contributed by atoms with Gasteiger partial charge in [0.25, 0.3) is 0 Å². The Kier molecular flexibility index (Phi) is 5.23. The van der Waals surface area contributed by atoms with E-state index in [1.54, 1.807) is 7.11 Å². The first-order chi connectivity index (χ1) is 10.2. The van der Waals surface area contributed by atoms with E-state index in [9.17, 15) is 0 Å². The molecule has 0 saturated carbocycles. The summed E-state index contributed by atoms with van der Waals surface area (Å²) in [5.74, 6) is 1.44. The van der Waals surface area contributed by atoms with E-state index in [0.717, 1.165) is 17.7 Å². The number of methoxy groups -OCH3 is 1. The van der Waals surface area contributed by atoms with Crippen molar-refractivity contribution in [3.8, 4) is 11.5 Å². The van der Waals surface area contributed by atoms with Gasteiger partial charge in [-0.05, 0) is 36.6 Å². The van der Waals surface area contributed by atoms with E-state index in [2.05, 4.69) is 31.2 Å². The number of ether oxygens (including phenoxy) is 2. The molecule has 0 aliphatic carbocycles. The maximum Gasteiger partial charge on any atom is 0.161 e. The van der Waals surface area contributed by atoms with Crippen LogP contribution in [0.2, 0.25) is 0 Å². The van der Waals surface area contributed by atoms with Gasteiger partial charge >= 0.3 is 0 Å². The lowest BCUT2D eigenvalue weighted by Crippen LogP contribution is -2.28. The number of benzene rings is 2. The van der Waals surface area contributed by atoms with E-state index in [0.29, 0.717) is 5.75 Å². The third kappa shape index (κ3) is 3.76. The van der Waals surface area contributed by atoms with Gasteiger partial charge in [0.2, 0.25) is 0 Å². The van der Waals surface area contributed by atoms with Crippen molar-refractivity contribution in [3.05, 3.63) is 59.7 Å². The molecule has 0 aromatic heterocycles. The zero-order valence-electron chi connectivity index (χ0n) is 12.9. The molecule has 2 N–H and O–H groups in total. The summed E-state index contributed by atoms with van der Waals surface area (Å²) in [6, 6.07) is 15.8. The molecule has 2 rings (SSSR count). The second kappa shape index (κ2) is 7.14. The molecule has 2 atom stereocenters. The highest BCUT2D eigenvalue weighted by Gasteiger charge is 2.18. The molecular formula is C18H23NO2. The van der Waals surface area contributed by atoms with Gasteiger partial charge < -0.3 is 15.2 Å². The largest absolute Gasteiger partial charge is 0.493 e. The fourth-order valence-corrected chi connectivity index (χ4v) is 2.24. The molecule has 0 spiro atoms. The highest BCUT2D eigenvalue weighted by atomic mass is 16.5. The van der Waals surface area contributed by atoms with Crippen LogP contribution in [0.1, 0.15) is 31.0 Å². The maximum atomic E-state index is 6.30. The van der Waals surface area contributed by atoms with Crippen LogP contribution in [-0.2, 0) is 6.42 Å². The van der Waals surface area contributed by atoms with Crippen LogP contribution < -0.4 is 15.2 Å². The van der Waals surface area contributed by atoms with Gasteiger partial charge in [0, 0.05) is 0 Å². The fraction of sp³-hybridized carbons (Fsp3) is 0.333. The normalized spacial score (nSPS) is 13.5. The fourth-order valence-electron chi connectivity index (χ4n) is 2.24. The molecule has 0 radical (unpaired) electrons. The third-order valence-electron chi connectivity index (χ3n) is 3.66. The molecule has 21 heavy (non-hydrogen) atoms. The SMILES string of the molecule is CCc1ccc(C(N)C(C)Oc2ccccc2OC)cc1. The molecule has 112 valence electrons. The first-order valence-corrected chi connectivity index (χ1v) is 7.29. The Bertz CT molecular complexity index is 566. The van der Waals surface area contributed by atoms with Crippen molar-refractivity contribution in [1.29, 1.82) is 0 Å². The number of nitrogens with two attached hydrogens (primary N) is 1. The van der Waals surface area contributed by atoms with Crippen molar-refractivity contribution in [1.82, 2.24) is 0 Å². The second-order valence-electron chi connectivity index (χ2n) is 5.09. The van der Waals surface area contributed by atoms with E-state index >= 15 is 0 Å². The first kappa shape index (κ1) is 15.4. The van der Waals surface area contributed by atoms with Crippen molar-refractivity contribution in [2.45, 2.75) is 32.4 Å². The number of hydrogen-bond donors (Lipinski definition) is 1. The average molecular weight is 285 g/mol. The lowest BCUT2D eigenvalue weighted by Gasteiger charge is -2.23. The Morgan fingerprint density at radius 3 is 2.19 bits per heavy atom. The monoisotopic (exact) mass is 285 g/mol. The lowest BCUT2D eigenvalue weighted by atomic mass is 10.0. The summed E-state index contributed by atoms with van der Waals surface area (Å²) < 4.78 is 11.3. The zero-order chi connectivity index (χ0) is 15.2. The van der Waals surface area contributed by atoms with Gasteiger partial charge in [-0.15, -0.1) is 0 Å². The predicted molar refractivity (Wildman–Crippen MR) is 85.8 cm³/mol. The number of hydrogen-bond acceptors (Lipinski definition) is 3. The van der Waals surface area contributed by atoms with Crippen molar-refractivity contribution < 1.29 is 9.47 Å². The Morgan fingerprint density at radius 1 is 1.00 bits per heavy atom. The second-order valence-corrected chi connectivity index (χ2v) is 5.09. The van der Waals surface area contributed by atoms with E-state index in [1.807, 2.05) is 31.2 Å². The molecule has 3 heteroatoms. The Labute approximate surface area is 126 Å². The first-order valence-electron chi connectivity index (χ1n) is 7.29. The van der Waals surface area contributed by atoms with Crippen molar-refractivity contribution in [2.24, 2.45) is 5.73 Å². The minimum atomic E-state index is -0.180. The van der Waals surface area contributed by atoms with E-state index in [1.165, 1.54) is 5.56 Å². The van der Waals surface area contributed by atoms with E-state index < -0.39 is 0 Å². The number of rotatable bonds is 6. The van der Waals surface area contributed by atoms with E-state index in [4.69, 9.17) is 15.2 Å². The molecule has 2 aromatic rings. The van der Waals surface area contributed by atoms with Crippen LogP contribution >= 0.6 is 0 Å². The minimum absolute atomic E-state index is 0.145. The highest BCUT2D eigenvalue weighted by molar-refractivity contribution is 5.39. The van der Waals surface area contributed by atoms with Crippen LogP contribution in [0.5, 0.6) is 11.5 Å². The van der Waals surface area contributed by atoms with Crippen LogP contribution in [0.3, 0.4) is 0 Å². The molecule has 0 heterocycles. The topological polar surface area (TPSA) is 44.5 Å². The average Bonchev–Trinajstić information content (AvgIpc) is 2.54. The van der Waals surface area contributed by atoms with Crippen molar-refractivity contribution >= 4 is 0 Å². The minimum Gasteiger partial charge on any atom is -0.493 e. The quantitative estimate of drug-likeness (QED) is 0.879. The van der Waals surface area contributed by atoms with Gasteiger partial charge in [-0.2, -0.15) is 0 Å². The number of para-hydroxylation sites is 2.